The van der Waals surface area contributed by atoms with Crippen LogP contribution in [0.3, 0.4) is 0 Å². The Morgan fingerprint density at radius 2 is 2.03 bits per heavy atom. The lowest BCUT2D eigenvalue weighted by Crippen LogP contribution is -2.25. The first-order valence-electron chi connectivity index (χ1n) is 9.69. The standard InChI is InChI=1S/C14H14ClFN2O.C7H6N4O/c15-12-7-11(16)6-10(8-17)13(12)18-14(19)9-4-2-1-3-5-9;8-6(12)5-4-10-11-3-1-2-9-7(5)11/h6-7,9H,1-5H2,(H,18,19);1-4H,(H2,8,12). The average Bonchev–Trinajstić information content (AvgIpc) is 3.21. The molecule has 1 aliphatic carbocycles. The summed E-state index contributed by atoms with van der Waals surface area (Å²) in [5.41, 5.74) is 6.19. The number of hydrogen-bond acceptors (Lipinski definition) is 5. The molecule has 0 atom stereocenters. The van der Waals surface area contributed by atoms with E-state index in [1.165, 1.54) is 10.7 Å². The third-order valence-electron chi connectivity index (χ3n) is 4.94. The molecule has 2 amide bonds. The predicted molar refractivity (Wildman–Crippen MR) is 113 cm³/mol. The molecule has 8 nitrogen and oxygen atoms in total. The number of aromatic nitrogens is 3. The van der Waals surface area contributed by atoms with Crippen molar-refractivity contribution in [3.05, 3.63) is 58.8 Å². The molecule has 31 heavy (non-hydrogen) atoms. The van der Waals surface area contributed by atoms with E-state index in [2.05, 4.69) is 15.4 Å². The van der Waals surface area contributed by atoms with Crippen LogP contribution in [0.5, 0.6) is 0 Å². The van der Waals surface area contributed by atoms with E-state index in [0.717, 1.165) is 44.2 Å². The summed E-state index contributed by atoms with van der Waals surface area (Å²) in [5, 5.41) is 15.6. The summed E-state index contributed by atoms with van der Waals surface area (Å²) in [5.74, 6) is -1.27. The number of amides is 2. The Morgan fingerprint density at radius 3 is 2.71 bits per heavy atom. The van der Waals surface area contributed by atoms with Crippen LogP contribution in [0.1, 0.15) is 48.0 Å². The maximum Gasteiger partial charge on any atom is 0.254 e. The molecule has 0 bridgehead atoms. The largest absolute Gasteiger partial charge is 0.365 e. The van der Waals surface area contributed by atoms with E-state index in [9.17, 15) is 14.0 Å². The molecule has 1 fully saturated rings. The number of fused-ring (bicyclic) bond motifs is 1. The van der Waals surface area contributed by atoms with Crippen LogP contribution in [0.2, 0.25) is 5.02 Å². The van der Waals surface area contributed by atoms with Gasteiger partial charge in [0.25, 0.3) is 5.91 Å². The van der Waals surface area contributed by atoms with Crippen molar-refractivity contribution in [1.82, 2.24) is 14.6 Å². The molecule has 3 N–H and O–H groups in total. The number of anilines is 1. The molecule has 1 saturated carbocycles. The van der Waals surface area contributed by atoms with Gasteiger partial charge in [-0.15, -0.1) is 0 Å². The van der Waals surface area contributed by atoms with Gasteiger partial charge in [-0.25, -0.2) is 13.9 Å². The minimum atomic E-state index is -0.586. The number of benzene rings is 1. The highest BCUT2D eigenvalue weighted by Gasteiger charge is 2.23. The summed E-state index contributed by atoms with van der Waals surface area (Å²) >= 11 is 5.89. The van der Waals surface area contributed by atoms with Crippen molar-refractivity contribution in [2.75, 3.05) is 5.32 Å². The van der Waals surface area contributed by atoms with Gasteiger partial charge in [-0.2, -0.15) is 10.4 Å². The van der Waals surface area contributed by atoms with Gasteiger partial charge in [0.1, 0.15) is 17.4 Å². The van der Waals surface area contributed by atoms with Gasteiger partial charge < -0.3 is 11.1 Å². The SMILES string of the molecule is N#Cc1cc(F)cc(Cl)c1NC(=O)C1CCCCC1.NC(=O)c1cnn2cccnc12. The van der Waals surface area contributed by atoms with E-state index in [0.29, 0.717) is 11.2 Å². The maximum absolute atomic E-state index is 13.1. The van der Waals surface area contributed by atoms with Crippen molar-refractivity contribution in [2.24, 2.45) is 11.7 Å². The van der Waals surface area contributed by atoms with E-state index >= 15 is 0 Å². The number of halogens is 2. The van der Waals surface area contributed by atoms with Crippen LogP contribution in [0, 0.1) is 23.1 Å². The van der Waals surface area contributed by atoms with E-state index < -0.39 is 11.7 Å². The second-order valence-electron chi connectivity index (χ2n) is 7.06. The van der Waals surface area contributed by atoms with Gasteiger partial charge in [0.05, 0.1) is 22.5 Å². The van der Waals surface area contributed by atoms with Gasteiger partial charge >= 0.3 is 0 Å². The summed E-state index contributed by atoms with van der Waals surface area (Å²) in [6, 6.07) is 5.74. The Hall–Kier alpha value is -3.51. The van der Waals surface area contributed by atoms with E-state index in [4.69, 9.17) is 22.6 Å². The molecule has 0 radical (unpaired) electrons. The van der Waals surface area contributed by atoms with Crippen molar-refractivity contribution >= 4 is 34.7 Å². The molecule has 1 aromatic carbocycles. The number of nitrogens with two attached hydrogens (primary N) is 1. The van der Waals surface area contributed by atoms with Crippen molar-refractivity contribution in [3.8, 4) is 6.07 Å². The van der Waals surface area contributed by atoms with E-state index in [-0.39, 0.29) is 28.1 Å². The third kappa shape index (κ3) is 5.35. The summed E-state index contributed by atoms with van der Waals surface area (Å²) < 4.78 is 14.6. The number of primary amides is 1. The van der Waals surface area contributed by atoms with Crippen molar-refractivity contribution in [1.29, 1.82) is 5.26 Å². The minimum Gasteiger partial charge on any atom is -0.365 e. The Morgan fingerprint density at radius 1 is 1.29 bits per heavy atom. The molecule has 160 valence electrons. The van der Waals surface area contributed by atoms with Gasteiger partial charge in [-0.1, -0.05) is 30.9 Å². The lowest BCUT2D eigenvalue weighted by Gasteiger charge is -2.21. The summed E-state index contributed by atoms with van der Waals surface area (Å²) in [6.07, 6.45) is 9.65. The van der Waals surface area contributed by atoms with Gasteiger partial charge in [0, 0.05) is 18.3 Å². The van der Waals surface area contributed by atoms with E-state index in [1.54, 1.807) is 18.5 Å². The Kier molecular flexibility index (Phi) is 7.15. The molecular weight excluding hydrogens is 423 g/mol. The van der Waals surface area contributed by atoms with Gasteiger partial charge in [0.15, 0.2) is 5.65 Å². The zero-order valence-electron chi connectivity index (χ0n) is 16.5. The number of hydrogen-bond donors (Lipinski definition) is 2. The number of carbonyl (C=O) groups is 2. The number of nitriles is 1. The fourth-order valence-electron chi connectivity index (χ4n) is 3.38. The van der Waals surface area contributed by atoms with Crippen molar-refractivity contribution in [2.45, 2.75) is 32.1 Å². The number of nitrogens with zero attached hydrogens (tertiary/aromatic N) is 4. The Balaban J connectivity index is 0.000000194. The first kappa shape index (κ1) is 22.2. The summed E-state index contributed by atoms with van der Waals surface area (Å²) in [6.45, 7) is 0. The van der Waals surface area contributed by atoms with Gasteiger partial charge in [-0.3, -0.25) is 9.59 Å². The predicted octanol–water partition coefficient (Wildman–Crippen LogP) is 3.70. The lowest BCUT2D eigenvalue weighted by atomic mass is 9.88. The molecule has 0 saturated heterocycles. The number of carbonyl (C=O) groups excluding carboxylic acids is 2. The molecule has 0 aliphatic heterocycles. The molecule has 2 heterocycles. The lowest BCUT2D eigenvalue weighted by molar-refractivity contribution is -0.120. The van der Waals surface area contributed by atoms with E-state index in [1.807, 2.05) is 6.07 Å². The molecular formula is C21H20ClFN6O2. The van der Waals surface area contributed by atoms with Crippen LogP contribution in [-0.2, 0) is 4.79 Å². The third-order valence-corrected chi connectivity index (χ3v) is 5.24. The average molecular weight is 443 g/mol. The second-order valence-corrected chi connectivity index (χ2v) is 7.46. The van der Waals surface area contributed by atoms with Crippen LogP contribution >= 0.6 is 11.6 Å². The zero-order chi connectivity index (χ0) is 22.4. The summed E-state index contributed by atoms with van der Waals surface area (Å²) in [7, 11) is 0. The highest BCUT2D eigenvalue weighted by atomic mass is 35.5. The monoisotopic (exact) mass is 442 g/mol. The maximum atomic E-state index is 13.1. The highest BCUT2D eigenvalue weighted by molar-refractivity contribution is 6.34. The molecule has 0 unspecified atom stereocenters. The fourth-order valence-corrected chi connectivity index (χ4v) is 3.63. The molecule has 0 spiro atoms. The van der Waals surface area contributed by atoms with Crippen LogP contribution in [0.4, 0.5) is 10.1 Å². The van der Waals surface area contributed by atoms with Crippen molar-refractivity contribution in [3.63, 3.8) is 0 Å². The Bertz CT molecular complexity index is 1150. The number of rotatable bonds is 3. The van der Waals surface area contributed by atoms with Crippen LogP contribution in [-0.4, -0.2) is 26.4 Å². The zero-order valence-corrected chi connectivity index (χ0v) is 17.3. The van der Waals surface area contributed by atoms with Crippen LogP contribution < -0.4 is 11.1 Å². The van der Waals surface area contributed by atoms with Gasteiger partial charge in [-0.05, 0) is 31.0 Å². The second kappa shape index (κ2) is 10.00. The molecule has 10 heteroatoms. The molecule has 3 aromatic rings. The fraction of sp³-hybridized carbons (Fsp3) is 0.286. The quantitative estimate of drug-likeness (QED) is 0.639. The normalized spacial score (nSPS) is 13.7. The first-order valence-corrected chi connectivity index (χ1v) is 10.1. The topological polar surface area (TPSA) is 126 Å². The van der Waals surface area contributed by atoms with Crippen LogP contribution in [0.15, 0.2) is 36.8 Å². The highest BCUT2D eigenvalue weighted by Crippen LogP contribution is 2.30. The summed E-state index contributed by atoms with van der Waals surface area (Å²) in [4.78, 5) is 26.9. The molecule has 2 aromatic heterocycles. The van der Waals surface area contributed by atoms with Crippen LogP contribution in [0.25, 0.3) is 5.65 Å². The molecule has 1 aliphatic rings. The molecule has 4 rings (SSSR count). The minimum absolute atomic E-state index is 0.0404. The van der Waals surface area contributed by atoms with Crippen molar-refractivity contribution < 1.29 is 14.0 Å². The Labute approximate surface area is 182 Å². The smallest absolute Gasteiger partial charge is 0.254 e. The number of nitrogens with one attached hydrogen (secondary N) is 1. The van der Waals surface area contributed by atoms with Gasteiger partial charge in [0.2, 0.25) is 5.91 Å². The first-order chi connectivity index (χ1) is 14.9.